The average Bonchev–Trinajstić information content (AvgIpc) is 2.60. The second kappa shape index (κ2) is 8.13. The predicted octanol–water partition coefficient (Wildman–Crippen LogP) is 3.35. The zero-order valence-corrected chi connectivity index (χ0v) is 14.8. The molecule has 0 radical (unpaired) electrons. The van der Waals surface area contributed by atoms with Crippen molar-refractivity contribution >= 4 is 27.3 Å². The largest absolute Gasteiger partial charge is 0.383 e. The first-order valence-corrected chi connectivity index (χ1v) is 9.31. The number of alkyl halides is 2. The second-order valence-electron chi connectivity index (χ2n) is 5.53. The molecule has 0 fully saturated rings. The summed E-state index contributed by atoms with van der Waals surface area (Å²) in [6.45, 7) is 2.53. The van der Waals surface area contributed by atoms with Crippen LogP contribution in [0.4, 0.5) is 20.2 Å². The molecule has 9 heteroatoms. The Balaban J connectivity index is 2.37. The minimum atomic E-state index is -4.03. The summed E-state index contributed by atoms with van der Waals surface area (Å²) < 4.78 is 52.7. The molecule has 0 saturated carbocycles. The second-order valence-corrected chi connectivity index (χ2v) is 7.21. The van der Waals surface area contributed by atoms with Crippen LogP contribution in [0.2, 0.25) is 0 Å². The van der Waals surface area contributed by atoms with Crippen LogP contribution in [0.1, 0.15) is 35.7 Å². The van der Waals surface area contributed by atoms with Gasteiger partial charge >= 0.3 is 0 Å². The van der Waals surface area contributed by atoms with E-state index in [0.717, 1.165) is 30.7 Å². The zero-order chi connectivity index (χ0) is 19.3. The van der Waals surface area contributed by atoms with Gasteiger partial charge in [0, 0.05) is 17.7 Å². The maximum absolute atomic E-state index is 12.6. The smallest absolute Gasteiger partial charge is 0.263 e. The molecular formula is C17H19F2N3O3S. The molecule has 0 aliphatic heterocycles. The summed E-state index contributed by atoms with van der Waals surface area (Å²) in [6, 6.07) is 8.65. The molecule has 0 aromatic heterocycles. The highest BCUT2D eigenvalue weighted by Gasteiger charge is 2.18. The molecule has 0 spiro atoms. The third-order valence-corrected chi connectivity index (χ3v) is 4.94. The molecule has 0 aliphatic rings. The summed E-state index contributed by atoms with van der Waals surface area (Å²) in [5, 5.41) is 3.05. The van der Waals surface area contributed by atoms with E-state index in [1.807, 2.05) is 6.92 Å². The molecule has 0 saturated heterocycles. The van der Waals surface area contributed by atoms with Gasteiger partial charge in [-0.05, 0) is 36.8 Å². The molecular weight excluding hydrogens is 364 g/mol. The van der Waals surface area contributed by atoms with Crippen LogP contribution in [0.15, 0.2) is 47.4 Å². The fraction of sp³-hybridized carbons (Fsp3) is 0.235. The summed E-state index contributed by atoms with van der Waals surface area (Å²) in [5.74, 6) is -0.700. The van der Waals surface area contributed by atoms with E-state index in [0.29, 0.717) is 12.2 Å². The number of nitrogens with one attached hydrogen (secondary N) is 2. The van der Waals surface area contributed by atoms with E-state index >= 15 is 0 Å². The Labute approximate surface area is 150 Å². The molecule has 0 aliphatic carbocycles. The lowest BCUT2D eigenvalue weighted by Crippen LogP contribution is -2.17. The van der Waals surface area contributed by atoms with Crippen LogP contribution in [0.25, 0.3) is 0 Å². The number of nitrogens with two attached hydrogens (primary N) is 1. The minimum Gasteiger partial charge on any atom is -0.383 e. The number of hydrogen-bond acceptors (Lipinski definition) is 4. The lowest BCUT2D eigenvalue weighted by molar-refractivity contribution is 0.1000. The molecule has 1 amide bonds. The van der Waals surface area contributed by atoms with Crippen LogP contribution in [0.5, 0.6) is 0 Å². The van der Waals surface area contributed by atoms with Crippen molar-refractivity contribution in [1.29, 1.82) is 0 Å². The van der Waals surface area contributed by atoms with Crippen molar-refractivity contribution in [2.45, 2.75) is 24.7 Å². The van der Waals surface area contributed by atoms with E-state index in [2.05, 4.69) is 10.0 Å². The van der Waals surface area contributed by atoms with Crippen molar-refractivity contribution in [2.24, 2.45) is 5.73 Å². The minimum absolute atomic E-state index is 0.137. The van der Waals surface area contributed by atoms with E-state index in [1.54, 1.807) is 6.07 Å². The number of carbonyl (C=O) groups is 1. The van der Waals surface area contributed by atoms with Crippen molar-refractivity contribution in [3.8, 4) is 0 Å². The molecule has 140 valence electrons. The molecule has 0 atom stereocenters. The van der Waals surface area contributed by atoms with Crippen LogP contribution in [-0.2, 0) is 10.0 Å². The van der Waals surface area contributed by atoms with Gasteiger partial charge in [-0.15, -0.1) is 0 Å². The van der Waals surface area contributed by atoms with Gasteiger partial charge in [0.05, 0.1) is 16.3 Å². The van der Waals surface area contributed by atoms with Gasteiger partial charge in [-0.1, -0.05) is 19.1 Å². The number of hydrogen-bond donors (Lipinski definition) is 3. The normalized spacial score (nSPS) is 11.4. The first kappa shape index (κ1) is 19.6. The number of halogens is 2. The van der Waals surface area contributed by atoms with E-state index in [-0.39, 0.29) is 21.7 Å². The summed E-state index contributed by atoms with van der Waals surface area (Å²) >= 11 is 0. The summed E-state index contributed by atoms with van der Waals surface area (Å²) in [5.41, 5.74) is 5.73. The fourth-order valence-electron chi connectivity index (χ4n) is 2.19. The van der Waals surface area contributed by atoms with Gasteiger partial charge in [0.2, 0.25) is 5.91 Å². The van der Waals surface area contributed by atoms with Crippen LogP contribution in [-0.4, -0.2) is 20.9 Å². The summed E-state index contributed by atoms with van der Waals surface area (Å²) in [7, 11) is -4.03. The van der Waals surface area contributed by atoms with Crippen LogP contribution < -0.4 is 15.8 Å². The predicted molar refractivity (Wildman–Crippen MR) is 95.9 cm³/mol. The Morgan fingerprint density at radius 2 is 1.77 bits per heavy atom. The maximum Gasteiger partial charge on any atom is 0.263 e. The van der Waals surface area contributed by atoms with Gasteiger partial charge < -0.3 is 11.1 Å². The number of sulfonamides is 1. The highest BCUT2D eigenvalue weighted by molar-refractivity contribution is 7.92. The Kier molecular flexibility index (Phi) is 6.14. The van der Waals surface area contributed by atoms with E-state index < -0.39 is 22.4 Å². The maximum atomic E-state index is 12.6. The monoisotopic (exact) mass is 383 g/mol. The van der Waals surface area contributed by atoms with Crippen molar-refractivity contribution in [3.05, 3.63) is 53.6 Å². The standard InChI is InChI=1S/C17H19F2N3O3S/c1-2-9-21-14-8-5-12(17(20)23)10-15(14)22-26(24,25)13-6-3-11(4-7-13)16(18)19/h3-8,10,16,21-22H,2,9H2,1H3,(H2,20,23). The quantitative estimate of drug-likeness (QED) is 0.651. The number of benzene rings is 2. The summed E-state index contributed by atoms with van der Waals surface area (Å²) in [6.07, 6.45) is -1.88. The first-order chi connectivity index (χ1) is 12.2. The lowest BCUT2D eigenvalue weighted by Gasteiger charge is -2.15. The molecule has 0 bridgehead atoms. The van der Waals surface area contributed by atoms with Crippen LogP contribution in [0, 0.1) is 0 Å². The molecule has 0 unspecified atom stereocenters. The molecule has 26 heavy (non-hydrogen) atoms. The number of primary amides is 1. The molecule has 0 heterocycles. The molecule has 4 N–H and O–H groups in total. The molecule has 2 aromatic rings. The Bertz CT molecular complexity index is 885. The van der Waals surface area contributed by atoms with Crippen LogP contribution in [0.3, 0.4) is 0 Å². The van der Waals surface area contributed by atoms with Crippen molar-refractivity contribution in [2.75, 3.05) is 16.6 Å². The van der Waals surface area contributed by atoms with Gasteiger partial charge in [-0.2, -0.15) is 0 Å². The van der Waals surface area contributed by atoms with E-state index in [4.69, 9.17) is 5.73 Å². The van der Waals surface area contributed by atoms with Crippen LogP contribution >= 0.6 is 0 Å². The Morgan fingerprint density at radius 1 is 1.12 bits per heavy atom. The number of rotatable bonds is 8. The van der Waals surface area contributed by atoms with Crippen molar-refractivity contribution in [1.82, 2.24) is 0 Å². The van der Waals surface area contributed by atoms with Gasteiger partial charge in [-0.25, -0.2) is 17.2 Å². The SMILES string of the molecule is CCCNc1ccc(C(N)=O)cc1NS(=O)(=O)c1ccc(C(F)F)cc1. The lowest BCUT2D eigenvalue weighted by atomic mass is 10.1. The van der Waals surface area contributed by atoms with Crippen molar-refractivity contribution < 1.29 is 22.0 Å². The first-order valence-electron chi connectivity index (χ1n) is 7.83. The van der Waals surface area contributed by atoms with Gasteiger partial charge in [0.1, 0.15) is 0 Å². The van der Waals surface area contributed by atoms with E-state index in [1.165, 1.54) is 12.1 Å². The number of anilines is 2. The van der Waals surface area contributed by atoms with Gasteiger partial charge in [-0.3, -0.25) is 9.52 Å². The third-order valence-electron chi connectivity index (χ3n) is 3.56. The van der Waals surface area contributed by atoms with E-state index in [9.17, 15) is 22.0 Å². The highest BCUT2D eigenvalue weighted by atomic mass is 32.2. The molecule has 2 rings (SSSR count). The fourth-order valence-corrected chi connectivity index (χ4v) is 3.26. The van der Waals surface area contributed by atoms with Gasteiger partial charge in [0.15, 0.2) is 0 Å². The summed E-state index contributed by atoms with van der Waals surface area (Å²) in [4.78, 5) is 11.2. The molecule has 6 nitrogen and oxygen atoms in total. The average molecular weight is 383 g/mol. The third kappa shape index (κ3) is 4.69. The Hall–Kier alpha value is -2.68. The Morgan fingerprint density at radius 3 is 2.31 bits per heavy atom. The molecule has 2 aromatic carbocycles. The number of amides is 1. The highest BCUT2D eigenvalue weighted by Crippen LogP contribution is 2.27. The number of carbonyl (C=O) groups excluding carboxylic acids is 1. The zero-order valence-electron chi connectivity index (χ0n) is 14.0. The van der Waals surface area contributed by atoms with Gasteiger partial charge in [0.25, 0.3) is 16.4 Å². The topological polar surface area (TPSA) is 101 Å². The van der Waals surface area contributed by atoms with Crippen molar-refractivity contribution in [3.63, 3.8) is 0 Å².